The molecule has 0 saturated heterocycles. The Labute approximate surface area is 111 Å². The van der Waals surface area contributed by atoms with Crippen molar-refractivity contribution in [3.8, 4) is 5.88 Å². The number of hydrogen-bond donors (Lipinski definition) is 1. The highest BCUT2D eigenvalue weighted by atomic mass is 16.5. The van der Waals surface area contributed by atoms with Gasteiger partial charge in [0.2, 0.25) is 5.88 Å². The topological polar surface area (TPSA) is 34.1 Å². The molecule has 18 heavy (non-hydrogen) atoms. The molecule has 102 valence electrons. The molecule has 0 amide bonds. The maximum Gasteiger partial charge on any atom is 0.213 e. The maximum absolute atomic E-state index is 5.60. The molecule has 0 radical (unpaired) electrons. The van der Waals surface area contributed by atoms with Gasteiger partial charge in [-0.2, -0.15) is 0 Å². The van der Waals surface area contributed by atoms with Gasteiger partial charge in [-0.1, -0.05) is 39.2 Å². The number of nitrogens with zero attached hydrogens (tertiary/aromatic N) is 1. The first-order chi connectivity index (χ1) is 8.86. The Morgan fingerprint density at radius 3 is 2.67 bits per heavy atom. The molecule has 0 fully saturated rings. The van der Waals surface area contributed by atoms with Gasteiger partial charge in [0, 0.05) is 18.8 Å². The number of unbranched alkanes of at least 4 members (excludes halogenated alkanes) is 3. The van der Waals surface area contributed by atoms with E-state index in [1.165, 1.54) is 24.8 Å². The number of ether oxygens (including phenoxy) is 1. The van der Waals surface area contributed by atoms with Gasteiger partial charge in [-0.05, 0) is 24.9 Å². The molecule has 0 saturated carbocycles. The standard InChI is InChI=1S/C15H26N2O/c1-3-5-6-7-11-18-15-9-8-14(13-17-15)12-16-10-4-2/h8-9,13,16H,3-7,10-12H2,1-2H3. The molecular formula is C15H26N2O. The van der Waals surface area contributed by atoms with E-state index in [1.54, 1.807) is 0 Å². The van der Waals surface area contributed by atoms with Crippen LogP contribution in [0, 0.1) is 0 Å². The summed E-state index contributed by atoms with van der Waals surface area (Å²) in [4.78, 5) is 4.31. The summed E-state index contributed by atoms with van der Waals surface area (Å²) in [6, 6.07) is 4.04. The fraction of sp³-hybridized carbons (Fsp3) is 0.667. The third-order valence-electron chi connectivity index (χ3n) is 2.80. The molecule has 0 aromatic carbocycles. The van der Waals surface area contributed by atoms with Gasteiger partial charge < -0.3 is 10.1 Å². The second-order valence-electron chi connectivity index (χ2n) is 4.59. The number of rotatable bonds is 10. The minimum atomic E-state index is 0.741. The van der Waals surface area contributed by atoms with Crippen LogP contribution in [0.1, 0.15) is 51.5 Å². The van der Waals surface area contributed by atoms with Crippen LogP contribution >= 0.6 is 0 Å². The summed E-state index contributed by atoms with van der Waals surface area (Å²) >= 11 is 0. The van der Waals surface area contributed by atoms with E-state index in [1.807, 2.05) is 12.3 Å². The minimum Gasteiger partial charge on any atom is -0.478 e. The Morgan fingerprint density at radius 1 is 1.11 bits per heavy atom. The van der Waals surface area contributed by atoms with Gasteiger partial charge in [-0.25, -0.2) is 4.98 Å². The number of pyridine rings is 1. The normalized spacial score (nSPS) is 10.6. The van der Waals surface area contributed by atoms with E-state index in [2.05, 4.69) is 30.2 Å². The van der Waals surface area contributed by atoms with Gasteiger partial charge in [0.1, 0.15) is 0 Å². The lowest BCUT2D eigenvalue weighted by molar-refractivity contribution is 0.293. The molecule has 3 nitrogen and oxygen atoms in total. The van der Waals surface area contributed by atoms with E-state index in [4.69, 9.17) is 4.74 Å². The van der Waals surface area contributed by atoms with Crippen molar-refractivity contribution in [1.82, 2.24) is 10.3 Å². The fourth-order valence-corrected chi connectivity index (χ4v) is 1.72. The van der Waals surface area contributed by atoms with Crippen molar-refractivity contribution >= 4 is 0 Å². The molecule has 0 aliphatic heterocycles. The van der Waals surface area contributed by atoms with Crippen molar-refractivity contribution in [2.45, 2.75) is 52.5 Å². The number of nitrogens with one attached hydrogen (secondary N) is 1. The van der Waals surface area contributed by atoms with Gasteiger partial charge in [0.15, 0.2) is 0 Å². The molecule has 0 spiro atoms. The van der Waals surface area contributed by atoms with Crippen LogP contribution in [0.4, 0.5) is 0 Å². The SMILES string of the molecule is CCCCCCOc1ccc(CNCCC)cn1. The molecule has 0 aliphatic rings. The first-order valence-electron chi connectivity index (χ1n) is 7.15. The van der Waals surface area contributed by atoms with Crippen LogP contribution in [-0.4, -0.2) is 18.1 Å². The Morgan fingerprint density at radius 2 is 2.00 bits per heavy atom. The van der Waals surface area contributed by atoms with Gasteiger partial charge in [0.05, 0.1) is 6.61 Å². The average molecular weight is 250 g/mol. The second kappa shape index (κ2) is 9.89. The molecule has 1 aromatic rings. The third-order valence-corrected chi connectivity index (χ3v) is 2.80. The smallest absolute Gasteiger partial charge is 0.213 e. The summed E-state index contributed by atoms with van der Waals surface area (Å²) in [6.45, 7) is 7.10. The molecule has 0 bridgehead atoms. The molecule has 1 aromatic heterocycles. The van der Waals surface area contributed by atoms with E-state index in [0.717, 1.165) is 38.4 Å². The van der Waals surface area contributed by atoms with Gasteiger partial charge >= 0.3 is 0 Å². The molecule has 1 heterocycles. The first-order valence-corrected chi connectivity index (χ1v) is 7.15. The predicted octanol–water partition coefficient (Wildman–Crippen LogP) is 3.54. The summed E-state index contributed by atoms with van der Waals surface area (Å²) in [5.74, 6) is 0.741. The summed E-state index contributed by atoms with van der Waals surface area (Å²) < 4.78 is 5.60. The van der Waals surface area contributed by atoms with Gasteiger partial charge in [0.25, 0.3) is 0 Å². The highest BCUT2D eigenvalue weighted by molar-refractivity contribution is 5.17. The summed E-state index contributed by atoms with van der Waals surface area (Å²) in [5, 5.41) is 3.36. The lowest BCUT2D eigenvalue weighted by Gasteiger charge is -2.06. The summed E-state index contributed by atoms with van der Waals surface area (Å²) in [6.07, 6.45) is 7.97. The van der Waals surface area contributed by atoms with Crippen molar-refractivity contribution in [3.05, 3.63) is 23.9 Å². The van der Waals surface area contributed by atoms with E-state index >= 15 is 0 Å². The zero-order valence-corrected chi connectivity index (χ0v) is 11.7. The van der Waals surface area contributed by atoms with Crippen molar-refractivity contribution < 1.29 is 4.74 Å². The van der Waals surface area contributed by atoms with Crippen molar-refractivity contribution in [1.29, 1.82) is 0 Å². The first kappa shape index (κ1) is 15.0. The Balaban J connectivity index is 2.19. The molecule has 1 rings (SSSR count). The molecular weight excluding hydrogens is 224 g/mol. The van der Waals surface area contributed by atoms with Crippen molar-refractivity contribution in [2.24, 2.45) is 0 Å². The van der Waals surface area contributed by atoms with Crippen LogP contribution < -0.4 is 10.1 Å². The van der Waals surface area contributed by atoms with Crippen LogP contribution in [0.15, 0.2) is 18.3 Å². The highest BCUT2D eigenvalue weighted by Crippen LogP contribution is 2.08. The van der Waals surface area contributed by atoms with Gasteiger partial charge in [-0.15, -0.1) is 0 Å². The van der Waals surface area contributed by atoms with Crippen molar-refractivity contribution in [2.75, 3.05) is 13.2 Å². The summed E-state index contributed by atoms with van der Waals surface area (Å²) in [5.41, 5.74) is 1.21. The zero-order chi connectivity index (χ0) is 13.1. The molecule has 0 unspecified atom stereocenters. The predicted molar refractivity (Wildman–Crippen MR) is 75.9 cm³/mol. The zero-order valence-electron chi connectivity index (χ0n) is 11.7. The van der Waals surface area contributed by atoms with E-state index in [-0.39, 0.29) is 0 Å². The minimum absolute atomic E-state index is 0.741. The van der Waals surface area contributed by atoms with E-state index in [9.17, 15) is 0 Å². The largest absolute Gasteiger partial charge is 0.478 e. The average Bonchev–Trinajstić information content (AvgIpc) is 2.40. The molecule has 3 heteroatoms. The van der Waals surface area contributed by atoms with E-state index in [0.29, 0.717) is 0 Å². The fourth-order valence-electron chi connectivity index (χ4n) is 1.72. The Kier molecular flexibility index (Phi) is 8.23. The Bertz CT molecular complexity index is 298. The van der Waals surface area contributed by atoms with Crippen LogP contribution in [0.25, 0.3) is 0 Å². The monoisotopic (exact) mass is 250 g/mol. The number of aromatic nitrogens is 1. The lowest BCUT2D eigenvalue weighted by atomic mass is 10.2. The quantitative estimate of drug-likeness (QED) is 0.645. The van der Waals surface area contributed by atoms with Crippen molar-refractivity contribution in [3.63, 3.8) is 0 Å². The van der Waals surface area contributed by atoms with Crippen LogP contribution in [0.3, 0.4) is 0 Å². The lowest BCUT2D eigenvalue weighted by Crippen LogP contribution is -2.13. The summed E-state index contributed by atoms with van der Waals surface area (Å²) in [7, 11) is 0. The highest BCUT2D eigenvalue weighted by Gasteiger charge is 1.97. The second-order valence-corrected chi connectivity index (χ2v) is 4.59. The Hall–Kier alpha value is -1.09. The van der Waals surface area contributed by atoms with Crippen LogP contribution in [-0.2, 0) is 6.54 Å². The van der Waals surface area contributed by atoms with Gasteiger partial charge in [-0.3, -0.25) is 0 Å². The molecule has 0 atom stereocenters. The van der Waals surface area contributed by atoms with Crippen LogP contribution in [0.2, 0.25) is 0 Å². The number of hydrogen-bond acceptors (Lipinski definition) is 3. The maximum atomic E-state index is 5.60. The molecule has 1 N–H and O–H groups in total. The van der Waals surface area contributed by atoms with E-state index < -0.39 is 0 Å². The molecule has 0 aliphatic carbocycles. The van der Waals surface area contributed by atoms with Crippen LogP contribution in [0.5, 0.6) is 5.88 Å². The third kappa shape index (κ3) is 6.60.